The van der Waals surface area contributed by atoms with Gasteiger partial charge in [0.05, 0.1) is 12.2 Å². The van der Waals surface area contributed by atoms with Crippen molar-refractivity contribution in [2.75, 3.05) is 5.32 Å². The van der Waals surface area contributed by atoms with Crippen molar-refractivity contribution in [2.45, 2.75) is 52.3 Å². The summed E-state index contributed by atoms with van der Waals surface area (Å²) in [5.41, 5.74) is 1.78. The zero-order valence-corrected chi connectivity index (χ0v) is 14.1. The van der Waals surface area contributed by atoms with E-state index in [1.165, 1.54) is 0 Å². The quantitative estimate of drug-likeness (QED) is 0.846. The Kier molecular flexibility index (Phi) is 4.80. The zero-order valence-electron chi connectivity index (χ0n) is 14.1. The number of carbonyl (C=O) groups excluding carboxylic acids is 1. The summed E-state index contributed by atoms with van der Waals surface area (Å²) in [4.78, 5) is 16.1. The highest BCUT2D eigenvalue weighted by Crippen LogP contribution is 2.33. The van der Waals surface area contributed by atoms with Crippen molar-refractivity contribution in [3.8, 4) is 5.75 Å². The summed E-state index contributed by atoms with van der Waals surface area (Å²) in [6.45, 7) is 6.49. The molecule has 1 aromatic carbocycles. The lowest BCUT2D eigenvalue weighted by Gasteiger charge is -2.26. The molecule has 7 nitrogen and oxygen atoms in total. The number of aromatic nitrogens is 2. The number of rotatable bonds is 6. The molecule has 1 amide bonds. The molecule has 0 saturated heterocycles. The van der Waals surface area contributed by atoms with Gasteiger partial charge in [0, 0.05) is 12.5 Å². The number of anilines is 1. The number of amides is 1. The number of hydrogen-bond acceptors (Lipinski definition) is 6. The maximum atomic E-state index is 11.8. The average molecular weight is 330 g/mol. The van der Waals surface area contributed by atoms with Crippen LogP contribution in [0.4, 0.5) is 5.69 Å². The maximum absolute atomic E-state index is 11.8. The van der Waals surface area contributed by atoms with Gasteiger partial charge in [-0.3, -0.25) is 4.79 Å². The van der Waals surface area contributed by atoms with E-state index in [0.717, 1.165) is 12.0 Å². The van der Waals surface area contributed by atoms with E-state index in [4.69, 9.17) is 9.26 Å². The van der Waals surface area contributed by atoms with Gasteiger partial charge < -0.3 is 19.9 Å². The molecule has 0 radical (unpaired) electrons. The molecule has 1 aliphatic heterocycles. The minimum Gasteiger partial charge on any atom is -0.478 e. The highest BCUT2D eigenvalue weighted by Gasteiger charge is 2.26. The van der Waals surface area contributed by atoms with Gasteiger partial charge in [-0.2, -0.15) is 4.98 Å². The molecule has 1 aliphatic rings. The Bertz CT molecular complexity index is 728. The Morgan fingerprint density at radius 2 is 2.21 bits per heavy atom. The van der Waals surface area contributed by atoms with E-state index in [2.05, 4.69) is 27.7 Å². The number of fused-ring (bicyclic) bond motifs is 1. The van der Waals surface area contributed by atoms with Crippen LogP contribution < -0.4 is 15.4 Å². The molecule has 2 heterocycles. The van der Waals surface area contributed by atoms with Gasteiger partial charge in [-0.1, -0.05) is 25.1 Å². The third-order valence-electron chi connectivity index (χ3n) is 4.07. The molecule has 0 saturated carbocycles. The third kappa shape index (κ3) is 3.41. The van der Waals surface area contributed by atoms with E-state index in [0.29, 0.717) is 36.1 Å². The number of hydrogen-bond donors (Lipinski definition) is 2. The van der Waals surface area contributed by atoms with Crippen molar-refractivity contribution >= 4 is 11.6 Å². The molecule has 0 bridgehead atoms. The Labute approximate surface area is 140 Å². The summed E-state index contributed by atoms with van der Waals surface area (Å²) in [7, 11) is 0. The van der Waals surface area contributed by atoms with E-state index in [1.54, 1.807) is 0 Å². The van der Waals surface area contributed by atoms with Crippen LogP contribution in [0, 0.1) is 0 Å². The van der Waals surface area contributed by atoms with Gasteiger partial charge in [0.15, 0.2) is 11.9 Å². The molecular formula is C17H22N4O3. The molecule has 128 valence electrons. The van der Waals surface area contributed by atoms with Crippen LogP contribution in [0.15, 0.2) is 22.7 Å². The SMILES string of the molecule is CCc1nc(CN[C@@H](C)c2ccc3c(c2)O[C@H](CC)C(=O)N3)no1. The fourth-order valence-corrected chi connectivity index (χ4v) is 2.57. The number of carbonyl (C=O) groups is 1. The lowest BCUT2D eigenvalue weighted by molar-refractivity contribution is -0.123. The molecule has 3 rings (SSSR count). The number of nitrogens with one attached hydrogen (secondary N) is 2. The first kappa shape index (κ1) is 16.4. The van der Waals surface area contributed by atoms with Crippen molar-refractivity contribution in [3.63, 3.8) is 0 Å². The number of benzene rings is 1. The van der Waals surface area contributed by atoms with Crippen LogP contribution in [0.5, 0.6) is 5.75 Å². The largest absolute Gasteiger partial charge is 0.478 e. The smallest absolute Gasteiger partial charge is 0.265 e. The predicted molar refractivity (Wildman–Crippen MR) is 88.7 cm³/mol. The van der Waals surface area contributed by atoms with Crippen molar-refractivity contribution in [2.24, 2.45) is 0 Å². The van der Waals surface area contributed by atoms with Crippen LogP contribution >= 0.6 is 0 Å². The van der Waals surface area contributed by atoms with E-state index < -0.39 is 6.10 Å². The second-order valence-electron chi connectivity index (χ2n) is 5.82. The molecule has 7 heteroatoms. The minimum atomic E-state index is -0.428. The van der Waals surface area contributed by atoms with Crippen LogP contribution in [0.2, 0.25) is 0 Å². The first-order chi connectivity index (χ1) is 11.6. The number of ether oxygens (including phenoxy) is 1. The van der Waals surface area contributed by atoms with E-state index in [-0.39, 0.29) is 11.9 Å². The van der Waals surface area contributed by atoms with E-state index in [9.17, 15) is 4.79 Å². The first-order valence-electron chi connectivity index (χ1n) is 8.27. The number of nitrogens with zero attached hydrogens (tertiary/aromatic N) is 2. The summed E-state index contributed by atoms with van der Waals surface area (Å²) < 4.78 is 10.9. The Balaban J connectivity index is 1.67. The zero-order chi connectivity index (χ0) is 17.1. The van der Waals surface area contributed by atoms with Gasteiger partial charge in [-0.15, -0.1) is 0 Å². The standard InChI is InChI=1S/C17H22N4O3/c1-4-13-17(22)19-12-7-6-11(8-14(12)23-13)10(3)18-9-15-20-16(5-2)24-21-15/h6-8,10,13,18H,4-5,9H2,1-3H3,(H,19,22)/t10-,13+/m0/s1. The minimum absolute atomic E-state index is 0.0835. The van der Waals surface area contributed by atoms with Gasteiger partial charge in [-0.25, -0.2) is 0 Å². The molecule has 2 atom stereocenters. The molecule has 2 aromatic rings. The van der Waals surface area contributed by atoms with Gasteiger partial charge in [-0.05, 0) is 31.0 Å². The van der Waals surface area contributed by atoms with Crippen molar-refractivity contribution in [3.05, 3.63) is 35.5 Å². The second kappa shape index (κ2) is 7.00. The summed E-state index contributed by atoms with van der Waals surface area (Å²) in [6.07, 6.45) is 0.943. The topological polar surface area (TPSA) is 89.3 Å². The fraction of sp³-hybridized carbons (Fsp3) is 0.471. The summed E-state index contributed by atoms with van der Waals surface area (Å²) in [5.74, 6) is 1.90. The van der Waals surface area contributed by atoms with Crippen LogP contribution in [-0.4, -0.2) is 22.2 Å². The molecule has 0 aliphatic carbocycles. The van der Waals surface area contributed by atoms with Gasteiger partial charge in [0.25, 0.3) is 5.91 Å². The Morgan fingerprint density at radius 3 is 2.92 bits per heavy atom. The van der Waals surface area contributed by atoms with Crippen LogP contribution in [0.1, 0.15) is 50.5 Å². The summed E-state index contributed by atoms with van der Waals surface area (Å²) >= 11 is 0. The van der Waals surface area contributed by atoms with Gasteiger partial charge in [0.1, 0.15) is 5.75 Å². The highest BCUT2D eigenvalue weighted by atomic mass is 16.5. The molecule has 1 aromatic heterocycles. The lowest BCUT2D eigenvalue weighted by atomic mass is 10.1. The maximum Gasteiger partial charge on any atom is 0.265 e. The van der Waals surface area contributed by atoms with Gasteiger partial charge in [0.2, 0.25) is 5.89 Å². The molecule has 2 N–H and O–H groups in total. The van der Waals surface area contributed by atoms with Crippen LogP contribution in [0.3, 0.4) is 0 Å². The Morgan fingerprint density at radius 1 is 1.38 bits per heavy atom. The summed E-state index contributed by atoms with van der Waals surface area (Å²) in [6, 6.07) is 5.89. The van der Waals surface area contributed by atoms with Crippen molar-refractivity contribution in [1.29, 1.82) is 0 Å². The molecule has 24 heavy (non-hydrogen) atoms. The predicted octanol–water partition coefficient (Wildman–Crippen LogP) is 2.59. The van der Waals surface area contributed by atoms with Crippen molar-refractivity contribution < 1.29 is 14.1 Å². The average Bonchev–Trinajstić information content (AvgIpc) is 3.06. The molecule has 0 spiro atoms. The lowest BCUT2D eigenvalue weighted by Crippen LogP contribution is -2.36. The van der Waals surface area contributed by atoms with E-state index >= 15 is 0 Å². The summed E-state index contributed by atoms with van der Waals surface area (Å²) in [5, 5.41) is 10.2. The molecular weight excluding hydrogens is 308 g/mol. The number of aryl methyl sites for hydroxylation is 1. The Hall–Kier alpha value is -2.41. The normalized spacial score (nSPS) is 17.8. The molecule has 0 unspecified atom stereocenters. The second-order valence-corrected chi connectivity index (χ2v) is 5.82. The highest BCUT2D eigenvalue weighted by molar-refractivity contribution is 5.97. The van der Waals surface area contributed by atoms with Crippen LogP contribution in [0.25, 0.3) is 0 Å². The van der Waals surface area contributed by atoms with Gasteiger partial charge >= 0.3 is 0 Å². The van der Waals surface area contributed by atoms with Crippen molar-refractivity contribution in [1.82, 2.24) is 15.5 Å². The first-order valence-corrected chi connectivity index (χ1v) is 8.27. The molecule has 0 fully saturated rings. The third-order valence-corrected chi connectivity index (χ3v) is 4.07. The van der Waals surface area contributed by atoms with Crippen LogP contribution in [-0.2, 0) is 17.8 Å². The van der Waals surface area contributed by atoms with E-state index in [1.807, 2.05) is 32.0 Å². The fourth-order valence-electron chi connectivity index (χ4n) is 2.57. The monoisotopic (exact) mass is 330 g/mol.